The summed E-state index contributed by atoms with van der Waals surface area (Å²) in [4.78, 5) is 77.7. The second-order valence-corrected chi connectivity index (χ2v) is 15.8. The number of carbonyl (C=O) groups is 2. The van der Waals surface area contributed by atoms with Crippen molar-refractivity contribution in [2.75, 3.05) is 25.5 Å². The second kappa shape index (κ2) is 17.2. The fraction of sp³-hybridized carbons (Fsp3) is 0.696. The zero-order chi connectivity index (χ0) is 37.5. The maximum Gasteiger partial charge on any atom is 0.481 e. The highest BCUT2D eigenvalue weighted by Gasteiger charge is 2.50. The molecule has 3 heterocycles. The van der Waals surface area contributed by atoms with Crippen LogP contribution < -0.4 is 5.73 Å². The van der Waals surface area contributed by atoms with Gasteiger partial charge in [-0.25, -0.2) is 28.6 Å². The van der Waals surface area contributed by atoms with Crippen LogP contribution in [-0.4, -0.2) is 105 Å². The molecule has 0 radical (unpaired) electrons. The summed E-state index contributed by atoms with van der Waals surface area (Å²) in [5.74, 6) is -0.929. The number of rotatable bonds is 21. The quantitative estimate of drug-likeness (QED) is 0.0308. The van der Waals surface area contributed by atoms with Gasteiger partial charge in [-0.05, 0) is 18.4 Å². The van der Waals surface area contributed by atoms with Crippen LogP contribution in [0.3, 0.4) is 0 Å². The monoisotopic (exact) mass is 774 g/mol. The van der Waals surface area contributed by atoms with Crippen LogP contribution in [0.2, 0.25) is 0 Å². The van der Waals surface area contributed by atoms with E-state index < -0.39 is 78.5 Å². The Morgan fingerprint density at radius 2 is 1.76 bits per heavy atom. The summed E-state index contributed by atoms with van der Waals surface area (Å²) < 4.78 is 61.9. The number of Topliss-reactive ketones (excluding diaryl/α,β-unsaturated/α-hetero) is 2. The topological polar surface area (TPSA) is 371 Å². The number of fused-ring (bicyclic) bond motifs is 1. The number of azide groups is 1. The van der Waals surface area contributed by atoms with E-state index in [1.807, 2.05) is 0 Å². The minimum absolute atomic E-state index is 0.0271. The molecule has 27 heteroatoms. The molecule has 2 aromatic rings. The molecule has 8 N–H and O–H groups in total. The Labute approximate surface area is 283 Å². The smallest absolute Gasteiger partial charge is 0.386 e. The molecule has 0 aliphatic carbocycles. The largest absolute Gasteiger partial charge is 0.481 e. The predicted octanol–water partition coefficient (Wildman–Crippen LogP) is 1.18. The SMILES string of the molecule is CC(C)(COP(=O)(O)OP(=O)(O)OCC1OC(n2cnc3c(N)ncnc32)C(O)C1OP(=O)(O)O)C(O)C(=O)CCCC(=O)CCCN=[N+]=[N-]. The minimum atomic E-state index is -5.54. The number of nitrogen functional groups attached to an aromatic ring is 1. The molecular weight excluding hydrogens is 737 g/mol. The van der Waals surface area contributed by atoms with Gasteiger partial charge in [-0.1, -0.05) is 19.0 Å². The Balaban J connectivity index is 1.57. The molecule has 7 unspecified atom stereocenters. The summed E-state index contributed by atoms with van der Waals surface area (Å²) in [6.45, 7) is 0.767. The lowest BCUT2D eigenvalue weighted by molar-refractivity contribution is -0.134. The molecular formula is C23H37N8O16P3. The Morgan fingerprint density at radius 1 is 1.10 bits per heavy atom. The number of ether oxygens (including phenoxy) is 1. The standard InChI is InChI=1S/C23H37N8O16P3/c1-23(2,19(35)14(33)7-3-5-13(32)6-4-8-29-30-25)10-44-50(41,42)47-49(39,40)43-9-15-18(46-48(36,37)38)17(34)22(45-15)31-12-28-16-20(24)26-11-27-21(16)31/h11-12,15,17-19,22,34-35H,3-10H2,1-2H3,(H,39,40)(H,41,42)(H2,24,26,27)(H2,36,37,38). The van der Waals surface area contributed by atoms with Crippen LogP contribution in [-0.2, 0) is 45.9 Å². The van der Waals surface area contributed by atoms with Gasteiger partial charge in [0.15, 0.2) is 23.5 Å². The average molecular weight is 775 g/mol. The number of aliphatic hydroxyl groups is 2. The van der Waals surface area contributed by atoms with Crippen LogP contribution in [0.15, 0.2) is 17.8 Å². The van der Waals surface area contributed by atoms with Gasteiger partial charge in [0.2, 0.25) is 0 Å². The molecule has 0 bridgehead atoms. The first-order valence-electron chi connectivity index (χ1n) is 14.6. The molecule has 7 atom stereocenters. The van der Waals surface area contributed by atoms with E-state index in [0.717, 1.165) is 17.2 Å². The van der Waals surface area contributed by atoms with Gasteiger partial charge in [0.25, 0.3) is 0 Å². The fourth-order valence-electron chi connectivity index (χ4n) is 4.65. The number of imidazole rings is 1. The molecule has 0 amide bonds. The van der Waals surface area contributed by atoms with Gasteiger partial charge in [0.1, 0.15) is 42.0 Å². The van der Waals surface area contributed by atoms with E-state index >= 15 is 0 Å². The molecule has 2 aromatic heterocycles. The van der Waals surface area contributed by atoms with E-state index in [4.69, 9.17) is 25.0 Å². The van der Waals surface area contributed by atoms with Crippen LogP contribution in [0, 0.1) is 5.41 Å². The van der Waals surface area contributed by atoms with Crippen molar-refractivity contribution in [2.45, 2.75) is 76.6 Å². The normalized spacial score (nSPS) is 22.8. The minimum Gasteiger partial charge on any atom is -0.386 e. The molecule has 3 rings (SSSR count). The van der Waals surface area contributed by atoms with Crippen molar-refractivity contribution in [3.05, 3.63) is 23.1 Å². The second-order valence-electron chi connectivity index (χ2n) is 11.6. The Morgan fingerprint density at radius 3 is 2.42 bits per heavy atom. The van der Waals surface area contributed by atoms with Crippen molar-refractivity contribution >= 4 is 52.0 Å². The Kier molecular flexibility index (Phi) is 14.3. The summed E-state index contributed by atoms with van der Waals surface area (Å²) in [6.07, 6.45) is -6.17. The number of phosphoric ester groups is 3. The molecule has 50 heavy (non-hydrogen) atoms. The maximum absolute atomic E-state index is 12.6. The molecule has 0 aromatic carbocycles. The summed E-state index contributed by atoms with van der Waals surface area (Å²) >= 11 is 0. The number of aliphatic hydroxyl groups excluding tert-OH is 2. The summed E-state index contributed by atoms with van der Waals surface area (Å²) in [5, 5.41) is 24.7. The van der Waals surface area contributed by atoms with E-state index in [0.29, 0.717) is 6.42 Å². The lowest BCUT2D eigenvalue weighted by atomic mass is 9.84. The number of hydrogen-bond donors (Lipinski definition) is 7. The number of phosphoric acid groups is 3. The van der Waals surface area contributed by atoms with E-state index in [1.165, 1.54) is 13.8 Å². The van der Waals surface area contributed by atoms with Gasteiger partial charge in [-0.3, -0.25) is 27.7 Å². The summed E-state index contributed by atoms with van der Waals surface area (Å²) in [6, 6.07) is 0. The number of aromatic nitrogens is 4. The first kappa shape index (κ1) is 41.7. The van der Waals surface area contributed by atoms with Crippen molar-refractivity contribution < 1.29 is 75.7 Å². The fourth-order valence-corrected chi connectivity index (χ4v) is 7.48. The highest BCUT2D eigenvalue weighted by molar-refractivity contribution is 7.61. The first-order chi connectivity index (χ1) is 23.2. The van der Waals surface area contributed by atoms with E-state index in [1.54, 1.807) is 0 Å². The van der Waals surface area contributed by atoms with Crippen LogP contribution in [0.4, 0.5) is 5.82 Å². The van der Waals surface area contributed by atoms with Gasteiger partial charge >= 0.3 is 23.5 Å². The number of ketones is 2. The third-order valence-corrected chi connectivity index (χ3v) is 10.2. The zero-order valence-electron chi connectivity index (χ0n) is 26.5. The number of hydrogen-bond acceptors (Lipinski definition) is 17. The van der Waals surface area contributed by atoms with Crippen LogP contribution in [0.25, 0.3) is 21.6 Å². The van der Waals surface area contributed by atoms with Gasteiger partial charge in [-0.2, -0.15) is 4.31 Å². The summed E-state index contributed by atoms with van der Waals surface area (Å²) in [7, 11) is -16.3. The molecule has 24 nitrogen and oxygen atoms in total. The molecule has 1 fully saturated rings. The Bertz CT molecular complexity index is 1710. The number of nitrogens with two attached hydrogens (primary N) is 1. The van der Waals surface area contributed by atoms with Gasteiger partial charge < -0.3 is 40.3 Å². The predicted molar refractivity (Wildman–Crippen MR) is 166 cm³/mol. The highest BCUT2D eigenvalue weighted by Crippen LogP contribution is 2.61. The molecule has 0 saturated carbocycles. The molecule has 0 spiro atoms. The highest BCUT2D eigenvalue weighted by atomic mass is 31.3. The Hall–Kier alpha value is -2.75. The van der Waals surface area contributed by atoms with Gasteiger partial charge in [0.05, 0.1) is 19.5 Å². The van der Waals surface area contributed by atoms with Crippen molar-refractivity contribution in [2.24, 2.45) is 10.5 Å². The number of carbonyl (C=O) groups excluding carboxylic acids is 2. The molecule has 1 aliphatic heterocycles. The third-order valence-electron chi connectivity index (χ3n) is 7.14. The van der Waals surface area contributed by atoms with Gasteiger partial charge in [0, 0.05) is 36.1 Å². The average Bonchev–Trinajstić information content (AvgIpc) is 3.57. The van der Waals surface area contributed by atoms with Gasteiger partial charge in [-0.15, -0.1) is 0 Å². The zero-order valence-corrected chi connectivity index (χ0v) is 29.2. The van der Waals surface area contributed by atoms with Crippen LogP contribution >= 0.6 is 23.5 Å². The maximum atomic E-state index is 12.6. The third kappa shape index (κ3) is 11.9. The molecule has 280 valence electrons. The van der Waals surface area contributed by atoms with Crippen molar-refractivity contribution in [1.82, 2.24) is 19.5 Å². The van der Waals surface area contributed by atoms with Crippen molar-refractivity contribution in [3.63, 3.8) is 0 Å². The first-order valence-corrected chi connectivity index (χ1v) is 19.1. The summed E-state index contributed by atoms with van der Waals surface area (Å²) in [5.41, 5.74) is 12.6. The molecule has 1 aliphatic rings. The van der Waals surface area contributed by atoms with Crippen LogP contribution in [0.1, 0.15) is 52.2 Å². The van der Waals surface area contributed by atoms with E-state index in [9.17, 15) is 53.1 Å². The van der Waals surface area contributed by atoms with Crippen molar-refractivity contribution in [1.29, 1.82) is 0 Å². The lowest BCUT2D eigenvalue weighted by Gasteiger charge is -2.30. The molecule has 1 saturated heterocycles. The van der Waals surface area contributed by atoms with Crippen LogP contribution in [0.5, 0.6) is 0 Å². The number of nitrogens with zero attached hydrogens (tertiary/aromatic N) is 7. The van der Waals surface area contributed by atoms with Crippen molar-refractivity contribution in [3.8, 4) is 0 Å². The lowest BCUT2D eigenvalue weighted by Crippen LogP contribution is -2.39. The van der Waals surface area contributed by atoms with E-state index in [-0.39, 0.29) is 55.0 Å². The van der Waals surface area contributed by atoms with E-state index in [2.05, 4.69) is 33.8 Å². The number of anilines is 1.